The van der Waals surface area contributed by atoms with Crippen molar-refractivity contribution in [2.75, 3.05) is 11.8 Å². The third kappa shape index (κ3) is 3.07. The lowest BCUT2D eigenvalue weighted by Gasteiger charge is -2.10. The number of sulfonamides is 1. The maximum atomic E-state index is 13.4. The summed E-state index contributed by atoms with van der Waals surface area (Å²) < 4.78 is 45.4. The highest BCUT2D eigenvalue weighted by Crippen LogP contribution is 2.28. The van der Waals surface area contributed by atoms with Crippen LogP contribution in [0.1, 0.15) is 0 Å². The minimum Gasteiger partial charge on any atom is -0.496 e. The van der Waals surface area contributed by atoms with Crippen molar-refractivity contribution in [1.82, 2.24) is 4.98 Å². The van der Waals surface area contributed by atoms with Crippen LogP contribution < -0.4 is 9.46 Å². The first-order valence-electron chi connectivity index (χ1n) is 5.40. The van der Waals surface area contributed by atoms with Gasteiger partial charge in [0.15, 0.2) is 5.82 Å². The van der Waals surface area contributed by atoms with Gasteiger partial charge in [-0.15, -0.1) is 0 Å². The van der Waals surface area contributed by atoms with Gasteiger partial charge in [0, 0.05) is 6.20 Å². The van der Waals surface area contributed by atoms with Crippen molar-refractivity contribution in [3.63, 3.8) is 0 Å². The minimum atomic E-state index is -3.89. The number of halogens is 2. The predicted octanol–water partition coefficient (Wildman–Crippen LogP) is 2.79. The lowest BCUT2D eigenvalue weighted by Crippen LogP contribution is -2.14. The quantitative estimate of drug-likeness (QED) is 0.909. The van der Waals surface area contributed by atoms with Crippen LogP contribution in [0, 0.1) is 5.82 Å². The van der Waals surface area contributed by atoms with Crippen molar-refractivity contribution >= 4 is 31.6 Å². The van der Waals surface area contributed by atoms with Crippen molar-refractivity contribution in [2.45, 2.75) is 4.90 Å². The monoisotopic (exact) mass is 360 g/mol. The van der Waals surface area contributed by atoms with Crippen molar-refractivity contribution in [3.8, 4) is 5.75 Å². The molecule has 2 aromatic rings. The van der Waals surface area contributed by atoms with Crippen molar-refractivity contribution in [2.24, 2.45) is 0 Å². The van der Waals surface area contributed by atoms with Crippen LogP contribution in [-0.2, 0) is 10.0 Å². The van der Waals surface area contributed by atoms with E-state index in [2.05, 4.69) is 25.6 Å². The van der Waals surface area contributed by atoms with Gasteiger partial charge in [-0.3, -0.25) is 9.71 Å². The molecular formula is C12H10BrFN2O3S. The molecule has 1 N–H and O–H groups in total. The number of hydrogen-bond donors (Lipinski definition) is 1. The highest BCUT2D eigenvalue weighted by atomic mass is 79.9. The summed E-state index contributed by atoms with van der Waals surface area (Å²) >= 11 is 3.20. The molecule has 1 aromatic heterocycles. The Labute approximate surface area is 124 Å². The molecule has 0 saturated heterocycles. The number of nitrogens with zero attached hydrogens (tertiary/aromatic N) is 1. The summed E-state index contributed by atoms with van der Waals surface area (Å²) in [6.07, 6.45) is 2.23. The summed E-state index contributed by atoms with van der Waals surface area (Å²) in [6, 6.07) is 5.48. The van der Waals surface area contributed by atoms with Crippen LogP contribution in [0.4, 0.5) is 10.1 Å². The van der Waals surface area contributed by atoms with Gasteiger partial charge in [-0.25, -0.2) is 12.8 Å². The molecule has 8 heteroatoms. The first-order valence-corrected chi connectivity index (χ1v) is 7.67. The van der Waals surface area contributed by atoms with Gasteiger partial charge in [0.25, 0.3) is 10.0 Å². The summed E-state index contributed by atoms with van der Waals surface area (Å²) in [6.45, 7) is 0. The molecule has 0 aliphatic rings. The fraction of sp³-hybridized carbons (Fsp3) is 0.0833. The number of methoxy groups -OCH3 is 1. The van der Waals surface area contributed by atoms with E-state index in [4.69, 9.17) is 4.74 Å². The molecule has 5 nitrogen and oxygen atoms in total. The lowest BCUT2D eigenvalue weighted by molar-refractivity contribution is 0.411. The Balaban J connectivity index is 2.36. The predicted molar refractivity (Wildman–Crippen MR) is 75.7 cm³/mol. The molecular weight excluding hydrogens is 351 g/mol. The largest absolute Gasteiger partial charge is 0.496 e. The fourth-order valence-corrected chi connectivity index (χ4v) is 3.26. The van der Waals surface area contributed by atoms with Gasteiger partial charge >= 0.3 is 0 Å². The average molecular weight is 361 g/mol. The van der Waals surface area contributed by atoms with Crippen LogP contribution in [-0.4, -0.2) is 20.5 Å². The number of rotatable bonds is 4. The first-order chi connectivity index (χ1) is 9.44. The van der Waals surface area contributed by atoms with Crippen molar-refractivity contribution in [3.05, 3.63) is 46.9 Å². The third-order valence-corrected chi connectivity index (χ3v) is 4.43. The normalized spacial score (nSPS) is 11.2. The Hall–Kier alpha value is -1.67. The Morgan fingerprint density at radius 3 is 2.70 bits per heavy atom. The molecule has 0 amide bonds. The lowest BCUT2D eigenvalue weighted by atomic mass is 10.3. The van der Waals surface area contributed by atoms with E-state index >= 15 is 0 Å². The van der Waals surface area contributed by atoms with Crippen LogP contribution in [0.3, 0.4) is 0 Å². The second-order valence-electron chi connectivity index (χ2n) is 3.76. The van der Waals surface area contributed by atoms with Gasteiger partial charge in [-0.1, -0.05) is 0 Å². The average Bonchev–Trinajstić information content (AvgIpc) is 2.41. The molecule has 1 aromatic carbocycles. The fourth-order valence-electron chi connectivity index (χ4n) is 1.48. The highest BCUT2D eigenvalue weighted by Gasteiger charge is 2.17. The van der Waals surface area contributed by atoms with Gasteiger partial charge < -0.3 is 4.74 Å². The summed E-state index contributed by atoms with van der Waals surface area (Å²) in [5.41, 5.74) is -0.160. The summed E-state index contributed by atoms with van der Waals surface area (Å²) in [7, 11) is -2.42. The van der Waals surface area contributed by atoms with Crippen LogP contribution in [0.25, 0.3) is 0 Å². The molecule has 0 radical (unpaired) electrons. The maximum Gasteiger partial charge on any atom is 0.262 e. The van der Waals surface area contributed by atoms with E-state index in [-0.39, 0.29) is 10.6 Å². The Morgan fingerprint density at radius 2 is 2.10 bits per heavy atom. The Morgan fingerprint density at radius 1 is 1.35 bits per heavy atom. The first kappa shape index (κ1) is 14.7. The van der Waals surface area contributed by atoms with Crippen molar-refractivity contribution in [1.29, 1.82) is 0 Å². The SMILES string of the molecule is COc1ccc(S(=O)(=O)Nc2ccncc2F)cc1Br. The molecule has 0 aliphatic carbocycles. The number of ether oxygens (including phenoxy) is 1. The number of anilines is 1. The van der Waals surface area contributed by atoms with E-state index in [1.54, 1.807) is 0 Å². The van der Waals surface area contributed by atoms with Gasteiger partial charge in [0.1, 0.15) is 5.75 Å². The molecule has 106 valence electrons. The standard InChI is InChI=1S/C12H10BrFN2O3S/c1-19-12-3-2-8(6-9(12)13)20(17,18)16-11-4-5-15-7-10(11)14/h2-7H,1H3,(H,15,16). The van der Waals surface area contributed by atoms with Crippen LogP contribution in [0.2, 0.25) is 0 Å². The van der Waals surface area contributed by atoms with Gasteiger partial charge in [-0.05, 0) is 40.2 Å². The third-order valence-electron chi connectivity index (χ3n) is 2.45. The zero-order valence-corrected chi connectivity index (χ0v) is 12.7. The number of benzene rings is 1. The minimum absolute atomic E-state index is 0.0126. The number of pyridine rings is 1. The van der Waals surface area contributed by atoms with E-state index in [1.807, 2.05) is 0 Å². The highest BCUT2D eigenvalue weighted by molar-refractivity contribution is 9.10. The number of hydrogen-bond acceptors (Lipinski definition) is 4. The summed E-state index contributed by atoms with van der Waals surface area (Å²) in [5.74, 6) is -0.248. The van der Waals surface area contributed by atoms with E-state index in [1.165, 1.54) is 37.6 Å². The molecule has 0 spiro atoms. The van der Waals surface area contributed by atoms with Gasteiger partial charge in [-0.2, -0.15) is 0 Å². The second-order valence-corrected chi connectivity index (χ2v) is 6.29. The maximum absolute atomic E-state index is 13.4. The van der Waals surface area contributed by atoms with E-state index in [0.29, 0.717) is 10.2 Å². The number of aromatic nitrogens is 1. The van der Waals surface area contributed by atoms with Crippen LogP contribution in [0.5, 0.6) is 5.75 Å². The Bertz CT molecular complexity index is 737. The summed E-state index contributed by atoms with van der Waals surface area (Å²) in [4.78, 5) is 3.54. The van der Waals surface area contributed by atoms with E-state index in [0.717, 1.165) is 6.20 Å². The van der Waals surface area contributed by atoms with E-state index in [9.17, 15) is 12.8 Å². The zero-order chi connectivity index (χ0) is 14.8. The molecule has 0 aliphatic heterocycles. The van der Waals surface area contributed by atoms with Crippen LogP contribution >= 0.6 is 15.9 Å². The molecule has 0 saturated carbocycles. The molecule has 0 fully saturated rings. The van der Waals surface area contributed by atoms with Gasteiger partial charge in [0.2, 0.25) is 0 Å². The molecule has 0 atom stereocenters. The smallest absolute Gasteiger partial charge is 0.262 e. The molecule has 0 unspecified atom stereocenters. The molecule has 0 bridgehead atoms. The number of nitrogens with one attached hydrogen (secondary N) is 1. The van der Waals surface area contributed by atoms with Crippen molar-refractivity contribution < 1.29 is 17.5 Å². The topological polar surface area (TPSA) is 68.3 Å². The molecule has 20 heavy (non-hydrogen) atoms. The Kier molecular flexibility index (Phi) is 4.24. The van der Waals surface area contributed by atoms with E-state index < -0.39 is 15.8 Å². The summed E-state index contributed by atoms with van der Waals surface area (Å²) in [5, 5.41) is 0. The zero-order valence-electron chi connectivity index (χ0n) is 10.3. The van der Waals surface area contributed by atoms with Gasteiger partial charge in [0.05, 0.1) is 28.4 Å². The van der Waals surface area contributed by atoms with Crippen LogP contribution in [0.15, 0.2) is 46.0 Å². The molecule has 1 heterocycles. The second kappa shape index (κ2) is 5.76. The molecule has 2 rings (SSSR count).